The molecule has 0 fully saturated rings. The molecule has 7 heteroatoms. The normalized spacial score (nSPS) is 16.2. The minimum atomic E-state index is -0.269. The molecule has 164 valence electrons. The zero-order chi connectivity index (χ0) is 22.4. The minimum absolute atomic E-state index is 0.0798. The molecule has 0 bridgehead atoms. The summed E-state index contributed by atoms with van der Waals surface area (Å²) >= 11 is 0. The molecule has 0 spiro atoms. The Labute approximate surface area is 190 Å². The van der Waals surface area contributed by atoms with Crippen molar-refractivity contribution in [3.05, 3.63) is 95.2 Å². The van der Waals surface area contributed by atoms with Crippen molar-refractivity contribution in [2.45, 2.75) is 12.6 Å². The molecule has 1 aromatic heterocycles. The molecule has 3 heterocycles. The number of carbonyl (C=O) groups excluding carboxylic acids is 1. The van der Waals surface area contributed by atoms with Gasteiger partial charge in [0.2, 0.25) is 6.79 Å². The third-order valence-electron chi connectivity index (χ3n) is 6.13. The summed E-state index contributed by atoms with van der Waals surface area (Å²) < 4.78 is 16.3. The summed E-state index contributed by atoms with van der Waals surface area (Å²) in [7, 11) is 1.64. The van der Waals surface area contributed by atoms with Crippen molar-refractivity contribution >= 4 is 5.91 Å². The fourth-order valence-electron chi connectivity index (χ4n) is 4.55. The molecular formula is C26H21N3O4. The van der Waals surface area contributed by atoms with Crippen LogP contribution >= 0.6 is 0 Å². The van der Waals surface area contributed by atoms with Crippen molar-refractivity contribution in [1.82, 2.24) is 15.1 Å². The van der Waals surface area contributed by atoms with Crippen LogP contribution in [0.5, 0.6) is 17.2 Å². The molecule has 33 heavy (non-hydrogen) atoms. The summed E-state index contributed by atoms with van der Waals surface area (Å²) in [6.07, 6.45) is 0. The summed E-state index contributed by atoms with van der Waals surface area (Å²) in [5.74, 6) is 2.12. The average Bonchev–Trinajstić information content (AvgIpc) is 3.56. The van der Waals surface area contributed by atoms with Crippen LogP contribution in [0.2, 0.25) is 0 Å². The number of aromatic nitrogens is 2. The maximum atomic E-state index is 13.5. The summed E-state index contributed by atoms with van der Waals surface area (Å²) in [6, 6.07) is 23.3. The van der Waals surface area contributed by atoms with E-state index in [0.717, 1.165) is 39.4 Å². The molecule has 1 N–H and O–H groups in total. The fourth-order valence-corrected chi connectivity index (χ4v) is 4.55. The van der Waals surface area contributed by atoms with Crippen LogP contribution < -0.4 is 14.2 Å². The minimum Gasteiger partial charge on any atom is -0.497 e. The summed E-state index contributed by atoms with van der Waals surface area (Å²) in [6.45, 7) is 0.648. The highest BCUT2D eigenvalue weighted by Crippen LogP contribution is 2.44. The van der Waals surface area contributed by atoms with E-state index in [0.29, 0.717) is 18.0 Å². The standard InChI is InChI=1S/C26H21N3O4/c1-31-19-10-8-17(9-11-19)23-22-24(28-27-23)26(30)29(25(22)18-5-3-2-4-6-18)14-16-7-12-20-21(13-16)33-15-32-20/h2-13,25H,14-15H2,1H3,(H,27,28). The van der Waals surface area contributed by atoms with E-state index >= 15 is 0 Å². The van der Waals surface area contributed by atoms with Gasteiger partial charge in [-0.1, -0.05) is 36.4 Å². The molecule has 2 aliphatic heterocycles. The third kappa shape index (κ3) is 3.20. The Balaban J connectivity index is 1.43. The number of hydrogen-bond acceptors (Lipinski definition) is 5. The lowest BCUT2D eigenvalue weighted by Gasteiger charge is -2.26. The van der Waals surface area contributed by atoms with Crippen LogP contribution in [0, 0.1) is 0 Å². The Morgan fingerprint density at radius 3 is 2.61 bits per heavy atom. The van der Waals surface area contributed by atoms with Crippen LogP contribution in [0.4, 0.5) is 0 Å². The van der Waals surface area contributed by atoms with Gasteiger partial charge in [0, 0.05) is 17.7 Å². The second-order valence-corrected chi connectivity index (χ2v) is 8.02. The van der Waals surface area contributed by atoms with Gasteiger partial charge in [-0.2, -0.15) is 5.10 Å². The predicted octanol–water partition coefficient (Wildman–Crippen LogP) is 4.56. The van der Waals surface area contributed by atoms with Crippen molar-refractivity contribution in [3.8, 4) is 28.5 Å². The van der Waals surface area contributed by atoms with Gasteiger partial charge in [0.05, 0.1) is 18.8 Å². The van der Waals surface area contributed by atoms with Crippen molar-refractivity contribution in [2.24, 2.45) is 0 Å². The van der Waals surface area contributed by atoms with Crippen molar-refractivity contribution in [2.75, 3.05) is 13.9 Å². The van der Waals surface area contributed by atoms with Gasteiger partial charge in [0.15, 0.2) is 11.5 Å². The van der Waals surface area contributed by atoms with Crippen LogP contribution in [0.3, 0.4) is 0 Å². The van der Waals surface area contributed by atoms with Gasteiger partial charge in [-0.05, 0) is 47.5 Å². The lowest BCUT2D eigenvalue weighted by Crippen LogP contribution is -2.29. The highest BCUT2D eigenvalue weighted by molar-refractivity contribution is 6.00. The molecule has 0 aliphatic carbocycles. The average molecular weight is 439 g/mol. The number of rotatable bonds is 5. The summed E-state index contributed by atoms with van der Waals surface area (Å²) in [5.41, 5.74) is 5.10. The number of H-pyrrole nitrogens is 1. The maximum Gasteiger partial charge on any atom is 0.273 e. The molecule has 6 rings (SSSR count). The Bertz CT molecular complexity index is 1330. The second-order valence-electron chi connectivity index (χ2n) is 8.02. The lowest BCUT2D eigenvalue weighted by molar-refractivity contribution is 0.0730. The number of nitrogens with zero attached hydrogens (tertiary/aromatic N) is 2. The van der Waals surface area contributed by atoms with Gasteiger partial charge in [0.1, 0.15) is 11.4 Å². The molecule has 0 saturated heterocycles. The molecule has 7 nitrogen and oxygen atoms in total. The molecule has 0 radical (unpaired) electrons. The summed E-state index contributed by atoms with van der Waals surface area (Å²) in [4.78, 5) is 15.4. The van der Waals surface area contributed by atoms with E-state index in [9.17, 15) is 4.79 Å². The molecule has 2 aliphatic rings. The number of benzene rings is 3. The zero-order valence-electron chi connectivity index (χ0n) is 17.9. The number of carbonyl (C=O) groups is 1. The number of aromatic amines is 1. The molecule has 1 amide bonds. The lowest BCUT2D eigenvalue weighted by atomic mass is 9.96. The van der Waals surface area contributed by atoms with Gasteiger partial charge in [-0.25, -0.2) is 0 Å². The van der Waals surface area contributed by atoms with Gasteiger partial charge >= 0.3 is 0 Å². The molecule has 4 aromatic rings. The number of nitrogens with one attached hydrogen (secondary N) is 1. The smallest absolute Gasteiger partial charge is 0.273 e. The van der Waals surface area contributed by atoms with Crippen molar-refractivity contribution in [3.63, 3.8) is 0 Å². The van der Waals surface area contributed by atoms with Crippen LogP contribution in [0.1, 0.15) is 33.2 Å². The Hall–Kier alpha value is -4.26. The molecule has 1 atom stereocenters. The van der Waals surface area contributed by atoms with Crippen LogP contribution in [0.15, 0.2) is 72.8 Å². The number of fused-ring (bicyclic) bond motifs is 2. The largest absolute Gasteiger partial charge is 0.497 e. The van der Waals surface area contributed by atoms with E-state index in [1.807, 2.05) is 77.7 Å². The van der Waals surface area contributed by atoms with E-state index in [4.69, 9.17) is 14.2 Å². The first-order valence-electron chi connectivity index (χ1n) is 10.7. The highest BCUT2D eigenvalue weighted by Gasteiger charge is 2.42. The van der Waals surface area contributed by atoms with E-state index in [2.05, 4.69) is 10.2 Å². The van der Waals surface area contributed by atoms with E-state index in [1.165, 1.54) is 0 Å². The van der Waals surface area contributed by atoms with Crippen LogP contribution in [-0.2, 0) is 6.54 Å². The third-order valence-corrected chi connectivity index (χ3v) is 6.13. The molecule has 0 saturated carbocycles. The second kappa shape index (κ2) is 7.70. The van der Waals surface area contributed by atoms with E-state index in [-0.39, 0.29) is 18.7 Å². The monoisotopic (exact) mass is 439 g/mol. The Morgan fingerprint density at radius 1 is 1.03 bits per heavy atom. The van der Waals surface area contributed by atoms with Gasteiger partial charge in [0.25, 0.3) is 5.91 Å². The van der Waals surface area contributed by atoms with E-state index in [1.54, 1.807) is 7.11 Å². The molecule has 3 aromatic carbocycles. The quantitative estimate of drug-likeness (QED) is 0.493. The van der Waals surface area contributed by atoms with Crippen LogP contribution in [-0.4, -0.2) is 34.9 Å². The number of methoxy groups -OCH3 is 1. The number of ether oxygens (including phenoxy) is 3. The first kappa shape index (κ1) is 19.4. The van der Waals surface area contributed by atoms with Crippen LogP contribution in [0.25, 0.3) is 11.3 Å². The highest BCUT2D eigenvalue weighted by atomic mass is 16.7. The topological polar surface area (TPSA) is 76.7 Å². The first-order chi connectivity index (χ1) is 16.2. The van der Waals surface area contributed by atoms with Crippen molar-refractivity contribution < 1.29 is 19.0 Å². The molecular weight excluding hydrogens is 418 g/mol. The Morgan fingerprint density at radius 2 is 1.82 bits per heavy atom. The SMILES string of the molecule is COc1ccc(-c2n[nH]c3c2C(c2ccccc2)N(Cc2ccc4c(c2)OCO4)C3=O)cc1. The first-order valence-corrected chi connectivity index (χ1v) is 10.7. The number of hydrogen-bond donors (Lipinski definition) is 1. The maximum absolute atomic E-state index is 13.5. The number of amides is 1. The Kier molecular flexibility index (Phi) is 4.54. The van der Waals surface area contributed by atoms with Crippen molar-refractivity contribution in [1.29, 1.82) is 0 Å². The fraction of sp³-hybridized carbons (Fsp3) is 0.154. The molecule has 1 unspecified atom stereocenters. The zero-order valence-corrected chi connectivity index (χ0v) is 17.9. The summed E-state index contributed by atoms with van der Waals surface area (Å²) in [5, 5.41) is 7.53. The van der Waals surface area contributed by atoms with Gasteiger partial charge in [-0.3, -0.25) is 9.89 Å². The van der Waals surface area contributed by atoms with Gasteiger partial charge in [-0.15, -0.1) is 0 Å². The van der Waals surface area contributed by atoms with Gasteiger partial charge < -0.3 is 19.1 Å². The van der Waals surface area contributed by atoms with E-state index < -0.39 is 0 Å². The predicted molar refractivity (Wildman–Crippen MR) is 121 cm³/mol.